The Hall–Kier alpha value is -3.01. The van der Waals surface area contributed by atoms with Crippen LogP contribution in [0.15, 0.2) is 97.1 Å². The molecule has 1 spiro atoms. The number of hydrogen-bond donors (Lipinski definition) is 0. The van der Waals surface area contributed by atoms with E-state index < -0.39 is 16.8 Å². The summed E-state index contributed by atoms with van der Waals surface area (Å²) in [6.45, 7) is 0.628. The van der Waals surface area contributed by atoms with E-state index in [2.05, 4.69) is 42.5 Å². The van der Waals surface area contributed by atoms with Gasteiger partial charge in [-0.15, -0.1) is 0 Å². The number of epoxide rings is 1. The molecule has 3 heteroatoms. The fraction of sp³-hybridized carbons (Fsp3) is 0.222. The van der Waals surface area contributed by atoms with E-state index in [1.807, 2.05) is 48.5 Å². The maximum absolute atomic E-state index is 13.5. The van der Waals surface area contributed by atoms with E-state index in [9.17, 15) is 4.79 Å². The molecule has 2 bridgehead atoms. The third-order valence-corrected chi connectivity index (χ3v) is 7.50. The Morgan fingerprint density at radius 3 is 1.87 bits per heavy atom. The largest absolute Gasteiger partial charge is 0.365 e. The minimum absolute atomic E-state index is 0.111. The van der Waals surface area contributed by atoms with Gasteiger partial charge < -0.3 is 9.47 Å². The lowest BCUT2D eigenvalue weighted by Gasteiger charge is -2.43. The van der Waals surface area contributed by atoms with Crippen LogP contribution in [0.2, 0.25) is 0 Å². The lowest BCUT2D eigenvalue weighted by Crippen LogP contribution is -2.51. The summed E-state index contributed by atoms with van der Waals surface area (Å²) in [6, 6.07) is 29.0. The number of ketones is 1. The molecule has 30 heavy (non-hydrogen) atoms. The summed E-state index contributed by atoms with van der Waals surface area (Å²) in [5.74, 6) is -0.320. The molecule has 3 aromatic rings. The van der Waals surface area contributed by atoms with E-state index in [0.29, 0.717) is 6.61 Å². The monoisotopic (exact) mass is 392 g/mol. The Labute approximate surface area is 175 Å². The van der Waals surface area contributed by atoms with Gasteiger partial charge in [0.1, 0.15) is 16.8 Å². The molecule has 2 saturated heterocycles. The van der Waals surface area contributed by atoms with Crippen LogP contribution in [0.3, 0.4) is 0 Å². The molecule has 3 aliphatic heterocycles. The number of hydrogen-bond acceptors (Lipinski definition) is 3. The van der Waals surface area contributed by atoms with Crippen molar-refractivity contribution in [1.82, 2.24) is 0 Å². The molecule has 3 aromatic carbocycles. The topological polar surface area (TPSA) is 38.8 Å². The SMILES string of the molecule is O=C1C=C[C@@]2(CO2)[C@@H]2[C@H]1[C@@]1(c3ccccc3)O[C@@]2(c2ccccc2)c2ccccc21. The van der Waals surface area contributed by atoms with Crippen LogP contribution in [0.25, 0.3) is 0 Å². The molecule has 3 nitrogen and oxygen atoms in total. The number of carbonyl (C=O) groups excluding carboxylic acids is 1. The summed E-state index contributed by atoms with van der Waals surface area (Å²) in [5.41, 5.74) is 2.37. The molecule has 0 radical (unpaired) electrons. The van der Waals surface area contributed by atoms with E-state index in [1.54, 1.807) is 6.08 Å². The van der Waals surface area contributed by atoms with Crippen molar-refractivity contribution in [2.24, 2.45) is 11.8 Å². The van der Waals surface area contributed by atoms with Crippen molar-refractivity contribution in [1.29, 1.82) is 0 Å². The number of rotatable bonds is 2. The minimum atomic E-state index is -0.820. The van der Waals surface area contributed by atoms with Crippen LogP contribution in [0.4, 0.5) is 0 Å². The molecule has 0 amide bonds. The fourth-order valence-electron chi connectivity index (χ4n) is 6.37. The molecule has 3 heterocycles. The minimum Gasteiger partial charge on any atom is -0.365 e. The Kier molecular flexibility index (Phi) is 3.00. The predicted molar refractivity (Wildman–Crippen MR) is 112 cm³/mol. The first kappa shape index (κ1) is 16.8. The van der Waals surface area contributed by atoms with Crippen molar-refractivity contribution in [2.75, 3.05) is 6.61 Å². The molecule has 2 fully saturated rings. The quantitative estimate of drug-likeness (QED) is 0.609. The zero-order valence-corrected chi connectivity index (χ0v) is 16.3. The third kappa shape index (κ3) is 1.74. The van der Waals surface area contributed by atoms with Crippen LogP contribution < -0.4 is 0 Å². The first-order valence-corrected chi connectivity index (χ1v) is 10.5. The van der Waals surface area contributed by atoms with Crippen LogP contribution in [0.1, 0.15) is 22.3 Å². The average Bonchev–Trinajstić information content (AvgIpc) is 3.41. The molecule has 0 saturated carbocycles. The molecule has 146 valence electrons. The molecule has 1 aliphatic carbocycles. The zero-order chi connectivity index (χ0) is 20.0. The van der Waals surface area contributed by atoms with Gasteiger partial charge in [0, 0.05) is 5.92 Å². The summed E-state index contributed by atoms with van der Waals surface area (Å²) in [6.07, 6.45) is 3.71. The van der Waals surface area contributed by atoms with Gasteiger partial charge in [-0.1, -0.05) is 84.9 Å². The highest BCUT2D eigenvalue weighted by Gasteiger charge is 2.79. The number of carbonyl (C=O) groups is 1. The van der Waals surface area contributed by atoms with Gasteiger partial charge in [-0.2, -0.15) is 0 Å². The molecule has 4 aliphatic rings. The van der Waals surface area contributed by atoms with Crippen LogP contribution in [-0.4, -0.2) is 18.0 Å². The second-order valence-electron chi connectivity index (χ2n) is 8.79. The van der Waals surface area contributed by atoms with Crippen LogP contribution in [0, 0.1) is 11.8 Å². The average molecular weight is 392 g/mol. The van der Waals surface area contributed by atoms with Crippen molar-refractivity contribution in [3.63, 3.8) is 0 Å². The van der Waals surface area contributed by atoms with Crippen molar-refractivity contribution >= 4 is 5.78 Å². The standard InChI is InChI=1S/C27H20O3/c28-22-15-16-25(17-29-25)24-23(22)26(18-9-3-1-4-10-18)20-13-7-8-14-21(20)27(24,30-26)19-11-5-2-6-12-19/h1-16,23-24H,17H2/t23-,24-,25+,26-,27-/m0/s1. The maximum atomic E-state index is 13.5. The maximum Gasteiger partial charge on any atom is 0.162 e. The summed E-state index contributed by atoms with van der Waals surface area (Å²) in [5, 5.41) is 0. The Balaban J connectivity index is 1.63. The van der Waals surface area contributed by atoms with Crippen LogP contribution in [-0.2, 0) is 25.5 Å². The Morgan fingerprint density at radius 2 is 1.27 bits per heavy atom. The van der Waals surface area contributed by atoms with E-state index in [-0.39, 0.29) is 17.6 Å². The molecule has 5 atom stereocenters. The first-order chi connectivity index (χ1) is 14.7. The lowest BCUT2D eigenvalue weighted by atomic mass is 9.54. The number of allylic oxidation sites excluding steroid dienone is 1. The van der Waals surface area contributed by atoms with Gasteiger partial charge in [0.15, 0.2) is 5.78 Å². The van der Waals surface area contributed by atoms with Gasteiger partial charge in [-0.3, -0.25) is 4.79 Å². The second-order valence-corrected chi connectivity index (χ2v) is 8.79. The van der Waals surface area contributed by atoms with Crippen LogP contribution in [0.5, 0.6) is 0 Å². The van der Waals surface area contributed by atoms with E-state index in [4.69, 9.17) is 9.47 Å². The van der Waals surface area contributed by atoms with Crippen molar-refractivity contribution in [3.05, 3.63) is 119 Å². The number of ether oxygens (including phenoxy) is 2. The molecular weight excluding hydrogens is 372 g/mol. The Bertz CT molecular complexity index is 1210. The highest BCUT2D eigenvalue weighted by Crippen LogP contribution is 2.73. The molecule has 7 rings (SSSR count). The van der Waals surface area contributed by atoms with E-state index in [1.165, 1.54) is 0 Å². The van der Waals surface area contributed by atoms with Crippen LogP contribution >= 0.6 is 0 Å². The van der Waals surface area contributed by atoms with Crippen molar-refractivity contribution < 1.29 is 14.3 Å². The number of fused-ring (bicyclic) bond motifs is 9. The second kappa shape index (κ2) is 5.37. The summed E-state index contributed by atoms with van der Waals surface area (Å²) < 4.78 is 13.3. The molecule has 0 aromatic heterocycles. The summed E-state index contributed by atoms with van der Waals surface area (Å²) in [4.78, 5) is 13.5. The zero-order valence-electron chi connectivity index (χ0n) is 16.3. The summed E-state index contributed by atoms with van der Waals surface area (Å²) in [7, 11) is 0. The van der Waals surface area contributed by atoms with Crippen molar-refractivity contribution in [2.45, 2.75) is 16.8 Å². The smallest absolute Gasteiger partial charge is 0.162 e. The van der Waals surface area contributed by atoms with Gasteiger partial charge in [-0.25, -0.2) is 0 Å². The van der Waals surface area contributed by atoms with Gasteiger partial charge in [0.2, 0.25) is 0 Å². The third-order valence-electron chi connectivity index (χ3n) is 7.50. The Morgan fingerprint density at radius 1 is 0.733 bits per heavy atom. The normalized spacial score (nSPS) is 37.3. The van der Waals surface area contributed by atoms with Gasteiger partial charge in [0.25, 0.3) is 0 Å². The highest BCUT2D eigenvalue weighted by molar-refractivity contribution is 5.97. The van der Waals surface area contributed by atoms with Gasteiger partial charge in [-0.05, 0) is 34.4 Å². The van der Waals surface area contributed by atoms with Crippen molar-refractivity contribution in [3.8, 4) is 0 Å². The molecular formula is C27H20O3. The highest BCUT2D eigenvalue weighted by atomic mass is 16.6. The molecule has 0 unspecified atom stereocenters. The van der Waals surface area contributed by atoms with E-state index >= 15 is 0 Å². The van der Waals surface area contributed by atoms with Gasteiger partial charge in [0.05, 0.1) is 12.5 Å². The van der Waals surface area contributed by atoms with E-state index in [0.717, 1.165) is 22.3 Å². The van der Waals surface area contributed by atoms with Gasteiger partial charge >= 0.3 is 0 Å². The predicted octanol–water partition coefficient (Wildman–Crippen LogP) is 4.36. The first-order valence-electron chi connectivity index (χ1n) is 10.5. The fourth-order valence-corrected chi connectivity index (χ4v) is 6.37. The number of benzene rings is 3. The summed E-state index contributed by atoms with van der Waals surface area (Å²) >= 11 is 0. The molecule has 0 N–H and O–H groups in total. The lowest BCUT2D eigenvalue weighted by molar-refractivity contribution is -0.124.